The summed E-state index contributed by atoms with van der Waals surface area (Å²) in [6.07, 6.45) is 2.73. The highest BCUT2D eigenvalue weighted by Crippen LogP contribution is 2.16. The second-order valence-corrected chi connectivity index (χ2v) is 7.48. The smallest absolute Gasteiger partial charge is 0.242 e. The van der Waals surface area contributed by atoms with Crippen molar-refractivity contribution in [3.8, 4) is 0 Å². The van der Waals surface area contributed by atoms with Crippen molar-refractivity contribution >= 4 is 22.7 Å². The molecule has 0 fully saturated rings. The predicted molar refractivity (Wildman–Crippen MR) is 115 cm³/mol. The van der Waals surface area contributed by atoms with Gasteiger partial charge in [-0.3, -0.25) is 14.6 Å². The molecule has 3 aromatic rings. The minimum atomic E-state index is -0.558. The summed E-state index contributed by atoms with van der Waals surface area (Å²) in [7, 11) is 0. The molecule has 150 valence electrons. The van der Waals surface area contributed by atoms with Crippen molar-refractivity contribution in [2.45, 2.75) is 32.7 Å². The van der Waals surface area contributed by atoms with Crippen LogP contribution < -0.4 is 10.6 Å². The number of fused-ring (bicyclic) bond motifs is 1. The van der Waals surface area contributed by atoms with E-state index in [0.717, 1.165) is 22.0 Å². The van der Waals surface area contributed by atoms with E-state index in [1.165, 1.54) is 0 Å². The van der Waals surface area contributed by atoms with Gasteiger partial charge in [-0.1, -0.05) is 68.4 Å². The minimum Gasteiger partial charge on any atom is -0.354 e. The number of para-hydroxylation sites is 1. The predicted octanol–water partition coefficient (Wildman–Crippen LogP) is 3.28. The molecule has 29 heavy (non-hydrogen) atoms. The van der Waals surface area contributed by atoms with Crippen LogP contribution in [0.25, 0.3) is 10.9 Å². The van der Waals surface area contributed by atoms with Gasteiger partial charge in [0, 0.05) is 18.1 Å². The summed E-state index contributed by atoms with van der Waals surface area (Å²) in [6, 6.07) is 19.0. The highest BCUT2D eigenvalue weighted by atomic mass is 16.2. The number of aromatic nitrogens is 1. The molecule has 2 N–H and O–H groups in total. The molecule has 0 radical (unpaired) electrons. The summed E-state index contributed by atoms with van der Waals surface area (Å²) in [5.41, 5.74) is 2.98. The summed E-state index contributed by atoms with van der Waals surface area (Å²) >= 11 is 0. The normalized spacial score (nSPS) is 12.0. The summed E-state index contributed by atoms with van der Waals surface area (Å²) < 4.78 is 0. The van der Waals surface area contributed by atoms with Crippen LogP contribution in [-0.2, 0) is 22.4 Å². The van der Waals surface area contributed by atoms with E-state index in [2.05, 4.69) is 15.6 Å². The standard InChI is InChI=1S/C24H27N3O2/c1-17(2)22(27-21(28)16-18-8-4-3-5-9-18)24(29)26-15-13-20-11-6-10-19-12-7-14-25-23(19)20/h3-12,14,17,22H,13,15-16H2,1-2H3,(H,26,29)(H,27,28). The Balaban J connectivity index is 1.56. The number of pyridine rings is 1. The second kappa shape index (κ2) is 9.82. The lowest BCUT2D eigenvalue weighted by molar-refractivity contribution is -0.129. The number of hydrogen-bond donors (Lipinski definition) is 2. The van der Waals surface area contributed by atoms with Crippen molar-refractivity contribution in [2.24, 2.45) is 5.92 Å². The number of hydrogen-bond acceptors (Lipinski definition) is 3. The molecule has 0 saturated carbocycles. The third-order valence-corrected chi connectivity index (χ3v) is 4.88. The molecule has 2 amide bonds. The van der Waals surface area contributed by atoms with Gasteiger partial charge in [-0.15, -0.1) is 0 Å². The summed E-state index contributed by atoms with van der Waals surface area (Å²) in [5.74, 6) is -0.313. The van der Waals surface area contributed by atoms with Gasteiger partial charge in [-0.25, -0.2) is 0 Å². The number of benzene rings is 2. The lowest BCUT2D eigenvalue weighted by Gasteiger charge is -2.22. The molecule has 1 aromatic heterocycles. The lowest BCUT2D eigenvalue weighted by Crippen LogP contribution is -2.50. The molecule has 2 aromatic carbocycles. The number of carbonyl (C=O) groups excluding carboxylic acids is 2. The van der Waals surface area contributed by atoms with Gasteiger partial charge in [-0.2, -0.15) is 0 Å². The first-order chi connectivity index (χ1) is 14.0. The van der Waals surface area contributed by atoms with Gasteiger partial charge in [0.2, 0.25) is 11.8 Å². The van der Waals surface area contributed by atoms with Gasteiger partial charge in [0.15, 0.2) is 0 Å². The quantitative estimate of drug-likeness (QED) is 0.621. The summed E-state index contributed by atoms with van der Waals surface area (Å²) in [4.78, 5) is 29.5. The molecule has 0 spiro atoms. The molecular formula is C24H27N3O2. The van der Waals surface area contributed by atoms with Crippen molar-refractivity contribution in [1.29, 1.82) is 0 Å². The van der Waals surface area contributed by atoms with Gasteiger partial charge in [0.1, 0.15) is 6.04 Å². The van der Waals surface area contributed by atoms with E-state index < -0.39 is 6.04 Å². The molecule has 0 aliphatic carbocycles. The SMILES string of the molecule is CC(C)C(NC(=O)Cc1ccccc1)C(=O)NCCc1cccc2cccnc12. The van der Waals surface area contributed by atoms with E-state index in [0.29, 0.717) is 13.0 Å². The van der Waals surface area contributed by atoms with Crippen LogP contribution in [0.1, 0.15) is 25.0 Å². The highest BCUT2D eigenvalue weighted by molar-refractivity contribution is 5.88. The maximum atomic E-state index is 12.7. The van der Waals surface area contributed by atoms with Crippen molar-refractivity contribution in [2.75, 3.05) is 6.54 Å². The Morgan fingerprint density at radius 3 is 2.48 bits per heavy atom. The minimum absolute atomic E-state index is 0.00561. The fourth-order valence-electron chi connectivity index (χ4n) is 3.34. The van der Waals surface area contributed by atoms with E-state index in [4.69, 9.17) is 0 Å². The molecule has 1 unspecified atom stereocenters. The first-order valence-electron chi connectivity index (χ1n) is 9.98. The van der Waals surface area contributed by atoms with Gasteiger partial charge < -0.3 is 10.6 Å². The lowest BCUT2D eigenvalue weighted by atomic mass is 10.0. The largest absolute Gasteiger partial charge is 0.354 e. The Bertz CT molecular complexity index is 965. The fourth-order valence-corrected chi connectivity index (χ4v) is 3.34. The van der Waals surface area contributed by atoms with Crippen LogP contribution in [0.5, 0.6) is 0 Å². The Labute approximate surface area is 171 Å². The fraction of sp³-hybridized carbons (Fsp3) is 0.292. The van der Waals surface area contributed by atoms with Gasteiger partial charge in [0.05, 0.1) is 11.9 Å². The molecule has 3 rings (SSSR count). The molecule has 5 heteroatoms. The molecular weight excluding hydrogens is 362 g/mol. The topological polar surface area (TPSA) is 71.1 Å². The number of carbonyl (C=O) groups is 2. The Morgan fingerprint density at radius 1 is 0.966 bits per heavy atom. The first kappa shape index (κ1) is 20.5. The molecule has 5 nitrogen and oxygen atoms in total. The van der Waals surface area contributed by atoms with Crippen LogP contribution in [0.15, 0.2) is 66.9 Å². The Morgan fingerprint density at radius 2 is 1.72 bits per heavy atom. The molecule has 1 heterocycles. The average Bonchev–Trinajstić information content (AvgIpc) is 2.72. The molecule has 1 atom stereocenters. The average molecular weight is 389 g/mol. The van der Waals surface area contributed by atoms with Gasteiger partial charge >= 0.3 is 0 Å². The van der Waals surface area contributed by atoms with Crippen molar-refractivity contribution in [3.63, 3.8) is 0 Å². The van der Waals surface area contributed by atoms with Crippen molar-refractivity contribution in [3.05, 3.63) is 78.0 Å². The second-order valence-electron chi connectivity index (χ2n) is 7.48. The van der Waals surface area contributed by atoms with Crippen LogP contribution in [0.4, 0.5) is 0 Å². The summed E-state index contributed by atoms with van der Waals surface area (Å²) in [5, 5.41) is 6.93. The van der Waals surface area contributed by atoms with E-state index in [1.54, 1.807) is 6.20 Å². The zero-order valence-corrected chi connectivity index (χ0v) is 16.9. The molecule has 0 aliphatic rings. The van der Waals surface area contributed by atoms with Crippen LogP contribution in [-0.4, -0.2) is 29.4 Å². The van der Waals surface area contributed by atoms with E-state index in [-0.39, 0.29) is 24.2 Å². The van der Waals surface area contributed by atoms with Crippen LogP contribution in [0.3, 0.4) is 0 Å². The third-order valence-electron chi connectivity index (χ3n) is 4.88. The number of rotatable bonds is 8. The van der Waals surface area contributed by atoms with Crippen molar-refractivity contribution in [1.82, 2.24) is 15.6 Å². The number of amides is 2. The van der Waals surface area contributed by atoms with Gasteiger partial charge in [-0.05, 0) is 29.5 Å². The maximum absolute atomic E-state index is 12.7. The molecule has 0 saturated heterocycles. The van der Waals surface area contributed by atoms with Crippen LogP contribution in [0.2, 0.25) is 0 Å². The highest BCUT2D eigenvalue weighted by Gasteiger charge is 2.23. The Hall–Kier alpha value is -3.21. The molecule has 0 aliphatic heterocycles. The van der Waals surface area contributed by atoms with Crippen LogP contribution in [0, 0.1) is 5.92 Å². The summed E-state index contributed by atoms with van der Waals surface area (Å²) in [6.45, 7) is 4.36. The van der Waals surface area contributed by atoms with E-state index in [9.17, 15) is 9.59 Å². The van der Waals surface area contributed by atoms with E-state index in [1.807, 2.05) is 74.5 Å². The maximum Gasteiger partial charge on any atom is 0.242 e. The van der Waals surface area contributed by atoms with Gasteiger partial charge in [0.25, 0.3) is 0 Å². The monoisotopic (exact) mass is 389 g/mol. The molecule has 0 bridgehead atoms. The number of nitrogens with zero attached hydrogens (tertiary/aromatic N) is 1. The zero-order valence-electron chi connectivity index (χ0n) is 16.9. The van der Waals surface area contributed by atoms with E-state index >= 15 is 0 Å². The zero-order chi connectivity index (χ0) is 20.6. The van der Waals surface area contributed by atoms with Crippen LogP contribution >= 0.6 is 0 Å². The van der Waals surface area contributed by atoms with Crippen molar-refractivity contribution < 1.29 is 9.59 Å². The third kappa shape index (κ3) is 5.64. The first-order valence-corrected chi connectivity index (χ1v) is 9.98. The Kier molecular flexibility index (Phi) is 6.95. The number of nitrogens with one attached hydrogen (secondary N) is 2.